The summed E-state index contributed by atoms with van der Waals surface area (Å²) < 4.78 is 0. The summed E-state index contributed by atoms with van der Waals surface area (Å²) in [5.74, 6) is -2.13. The molecule has 0 saturated heterocycles. The molecule has 2 N–H and O–H groups in total. The third-order valence-corrected chi connectivity index (χ3v) is 1.96. The molecule has 0 heterocycles. The number of rotatable bonds is 4. The minimum atomic E-state index is -1.06. The van der Waals surface area contributed by atoms with Crippen LogP contribution in [0, 0.1) is 0 Å². The molecule has 1 rings (SSSR count). The second kappa shape index (κ2) is 17.5. The monoisotopic (exact) mass is 308 g/mol. The molecule has 0 aliphatic carbocycles. The maximum atomic E-state index is 10.3. The molecule has 0 fully saturated rings. The van der Waals surface area contributed by atoms with E-state index in [9.17, 15) is 9.59 Å². The summed E-state index contributed by atoms with van der Waals surface area (Å²) in [6, 6.07) is 5.02. The molecular weight excluding hydrogens is 288 g/mol. The number of thioether (sulfide) groups is 1. The summed E-state index contributed by atoms with van der Waals surface area (Å²) >= 11 is 1.49. The fourth-order valence-corrected chi connectivity index (χ4v) is 0.960. The number of carbonyl (C=O) groups is 2. The van der Waals surface area contributed by atoms with Gasteiger partial charge in [-0.05, 0) is 35.1 Å². The third kappa shape index (κ3) is 13.7. The van der Waals surface area contributed by atoms with Crippen LogP contribution in [0.2, 0.25) is 0 Å². The molecule has 114 valence electrons. The van der Waals surface area contributed by atoms with Crippen LogP contribution in [0.5, 0.6) is 0 Å². The van der Waals surface area contributed by atoms with E-state index in [4.69, 9.17) is 10.2 Å². The van der Waals surface area contributed by atoms with E-state index in [0.29, 0.717) is 0 Å². The van der Waals surface area contributed by atoms with E-state index in [2.05, 4.69) is 39.5 Å². The normalized spacial score (nSPS) is 7.24. The molecule has 0 saturated carbocycles. The fraction of sp³-hybridized carbons (Fsp3) is 0. The van der Waals surface area contributed by atoms with Crippen LogP contribution < -0.4 is 0 Å². The van der Waals surface area contributed by atoms with Crippen molar-refractivity contribution in [3.63, 3.8) is 0 Å². The number of carboxylic acids is 2. The van der Waals surface area contributed by atoms with Gasteiger partial charge in [-0.3, -0.25) is 0 Å². The molecule has 0 amide bonds. The Morgan fingerprint density at radius 3 is 1.14 bits per heavy atom. The van der Waals surface area contributed by atoms with E-state index in [0.717, 1.165) is 0 Å². The van der Waals surface area contributed by atoms with Gasteiger partial charge in [-0.2, -0.15) is 0 Å². The highest BCUT2D eigenvalue weighted by Crippen LogP contribution is 2.03. The van der Waals surface area contributed by atoms with E-state index >= 15 is 0 Å². The van der Waals surface area contributed by atoms with Crippen LogP contribution in [0.25, 0.3) is 0 Å². The maximum absolute atomic E-state index is 10.3. The minimum absolute atomic E-state index is 0.0833. The molecule has 0 aromatic heterocycles. The maximum Gasteiger partial charge on any atom is 0.335 e. The lowest BCUT2D eigenvalue weighted by Gasteiger charge is -1.94. The first-order valence-corrected chi connectivity index (χ1v) is 6.41. The standard InChI is InChI=1S/C8H6O4.C4H6S.2C2H4/c9-7(10)5-1-2-6(4-3-5)8(11)12;1-3-5-4-2;2*1-2/h1-4H,(H,9,10)(H,11,12);3-4H,1-2H2;2*1-2H2. The molecule has 5 heteroatoms. The van der Waals surface area contributed by atoms with Crippen LogP contribution in [0.15, 0.2) is 74.6 Å². The molecule has 4 nitrogen and oxygen atoms in total. The second-order valence-corrected chi connectivity index (χ2v) is 3.60. The average molecular weight is 308 g/mol. The third-order valence-electron chi connectivity index (χ3n) is 1.57. The van der Waals surface area contributed by atoms with E-state index in [-0.39, 0.29) is 11.1 Å². The molecule has 0 radical (unpaired) electrons. The van der Waals surface area contributed by atoms with Crippen LogP contribution in [0.1, 0.15) is 20.7 Å². The van der Waals surface area contributed by atoms with E-state index in [1.807, 2.05) is 0 Å². The highest BCUT2D eigenvalue weighted by atomic mass is 32.2. The van der Waals surface area contributed by atoms with E-state index < -0.39 is 11.9 Å². The molecule has 0 unspecified atom stereocenters. The number of hydrogen-bond acceptors (Lipinski definition) is 3. The van der Waals surface area contributed by atoms with Crippen molar-refractivity contribution in [3.8, 4) is 0 Å². The largest absolute Gasteiger partial charge is 0.478 e. The predicted molar refractivity (Wildman–Crippen MR) is 90.9 cm³/mol. The molecule has 21 heavy (non-hydrogen) atoms. The zero-order chi connectivity index (χ0) is 17.3. The molecule has 0 aliphatic heterocycles. The summed E-state index contributed by atoms with van der Waals surface area (Å²) in [6.45, 7) is 18.9. The summed E-state index contributed by atoms with van der Waals surface area (Å²) in [5, 5.41) is 20.4. The van der Waals surface area contributed by atoms with Crippen molar-refractivity contribution in [1.82, 2.24) is 0 Å². The summed E-state index contributed by atoms with van der Waals surface area (Å²) in [5.41, 5.74) is 0.167. The number of benzene rings is 1. The van der Waals surface area contributed by atoms with Gasteiger partial charge in [0.25, 0.3) is 0 Å². The zero-order valence-electron chi connectivity index (χ0n) is 11.8. The van der Waals surface area contributed by atoms with Crippen LogP contribution >= 0.6 is 11.8 Å². The minimum Gasteiger partial charge on any atom is -0.478 e. The van der Waals surface area contributed by atoms with Crippen molar-refractivity contribution in [2.75, 3.05) is 0 Å². The molecule has 0 spiro atoms. The lowest BCUT2D eigenvalue weighted by Crippen LogP contribution is -1.99. The van der Waals surface area contributed by atoms with Gasteiger partial charge in [-0.1, -0.05) is 13.2 Å². The first-order valence-electron chi connectivity index (χ1n) is 5.46. The highest BCUT2D eigenvalue weighted by molar-refractivity contribution is 8.04. The van der Waals surface area contributed by atoms with Crippen molar-refractivity contribution in [1.29, 1.82) is 0 Å². The number of aromatic carboxylic acids is 2. The van der Waals surface area contributed by atoms with Gasteiger partial charge in [0.1, 0.15) is 0 Å². The van der Waals surface area contributed by atoms with E-state index in [1.165, 1.54) is 36.0 Å². The Balaban J connectivity index is -0.000000304. The summed E-state index contributed by atoms with van der Waals surface area (Å²) in [4.78, 5) is 20.7. The van der Waals surface area contributed by atoms with Crippen molar-refractivity contribution in [2.24, 2.45) is 0 Å². The van der Waals surface area contributed by atoms with Crippen LogP contribution in [0.3, 0.4) is 0 Å². The highest BCUT2D eigenvalue weighted by Gasteiger charge is 2.04. The first-order chi connectivity index (χ1) is 10.0. The quantitative estimate of drug-likeness (QED) is 0.789. The number of hydrogen-bond donors (Lipinski definition) is 2. The van der Waals surface area contributed by atoms with Gasteiger partial charge in [-0.25, -0.2) is 9.59 Å². The average Bonchev–Trinajstić information content (AvgIpc) is 2.52. The molecule has 1 aromatic carbocycles. The summed E-state index contributed by atoms with van der Waals surface area (Å²) in [7, 11) is 0. The van der Waals surface area contributed by atoms with Crippen molar-refractivity contribution >= 4 is 23.7 Å². The van der Waals surface area contributed by atoms with Crippen LogP contribution in [-0.4, -0.2) is 22.2 Å². The fourth-order valence-electron chi connectivity index (χ4n) is 0.823. The second-order valence-electron chi connectivity index (χ2n) is 2.66. The molecule has 0 aliphatic rings. The Morgan fingerprint density at radius 2 is 1.05 bits per heavy atom. The van der Waals surface area contributed by atoms with Crippen LogP contribution in [-0.2, 0) is 0 Å². The van der Waals surface area contributed by atoms with Gasteiger partial charge in [0.2, 0.25) is 0 Å². The predicted octanol–water partition coefficient (Wildman–Crippen LogP) is 4.69. The molecule has 1 aromatic rings. The van der Waals surface area contributed by atoms with Gasteiger partial charge >= 0.3 is 11.9 Å². The van der Waals surface area contributed by atoms with Crippen LogP contribution in [0.4, 0.5) is 0 Å². The smallest absolute Gasteiger partial charge is 0.335 e. The van der Waals surface area contributed by atoms with Crippen molar-refractivity contribution < 1.29 is 19.8 Å². The van der Waals surface area contributed by atoms with Crippen molar-refractivity contribution in [2.45, 2.75) is 0 Å². The Hall–Kier alpha value is -2.53. The Kier molecular flexibility index (Phi) is 19.6. The lowest BCUT2D eigenvalue weighted by molar-refractivity contribution is 0.0681. The Bertz CT molecular complexity index is 397. The molecular formula is C16H20O4S. The molecule has 0 atom stereocenters. The zero-order valence-corrected chi connectivity index (χ0v) is 12.6. The Labute approximate surface area is 129 Å². The lowest BCUT2D eigenvalue weighted by atomic mass is 10.1. The van der Waals surface area contributed by atoms with Gasteiger partial charge in [0, 0.05) is 0 Å². The van der Waals surface area contributed by atoms with Gasteiger partial charge in [-0.15, -0.1) is 38.1 Å². The molecule has 0 bridgehead atoms. The van der Waals surface area contributed by atoms with E-state index in [1.54, 1.807) is 10.8 Å². The Morgan fingerprint density at radius 1 is 0.810 bits per heavy atom. The summed E-state index contributed by atoms with van der Waals surface area (Å²) in [6.07, 6.45) is 0. The first kappa shape index (κ1) is 23.6. The SMILES string of the molecule is C=C.C=C.C=CSC=C.O=C(O)c1ccc(C(=O)O)cc1. The van der Waals surface area contributed by atoms with Gasteiger partial charge in [0.05, 0.1) is 11.1 Å². The van der Waals surface area contributed by atoms with Crippen molar-refractivity contribution in [3.05, 3.63) is 85.7 Å². The topological polar surface area (TPSA) is 74.6 Å². The van der Waals surface area contributed by atoms with Gasteiger partial charge in [0.15, 0.2) is 0 Å². The van der Waals surface area contributed by atoms with Gasteiger partial charge < -0.3 is 10.2 Å². The number of carboxylic acid groups (broad SMARTS) is 2.